The minimum Gasteiger partial charge on any atom is -0.380 e. The Morgan fingerprint density at radius 3 is 2.52 bits per heavy atom. The Kier molecular flexibility index (Phi) is 5.42. The molecule has 1 aromatic heterocycles. The maximum Gasteiger partial charge on any atom is 0.253 e. The average Bonchev–Trinajstić information content (AvgIpc) is 2.65. The molecule has 3 rings (SSSR count). The highest BCUT2D eigenvalue weighted by molar-refractivity contribution is 5.94. The van der Waals surface area contributed by atoms with Gasteiger partial charge in [0.25, 0.3) is 5.91 Å². The molecule has 3 aromatic rings. The number of carbonyl (C=O) groups excluding carboxylic acids is 1. The number of hydrogen-bond donors (Lipinski definition) is 2. The molecule has 4 heteroatoms. The summed E-state index contributed by atoms with van der Waals surface area (Å²) in [4.78, 5) is 16.5. The lowest BCUT2D eigenvalue weighted by molar-refractivity contribution is 0.0950. The van der Waals surface area contributed by atoms with Crippen LogP contribution >= 0.6 is 0 Å². The third-order valence-electron chi connectivity index (χ3n) is 3.88. The Morgan fingerprint density at radius 1 is 0.920 bits per heavy atom. The van der Waals surface area contributed by atoms with Crippen molar-refractivity contribution < 1.29 is 4.79 Å². The van der Waals surface area contributed by atoms with Crippen LogP contribution in [0.3, 0.4) is 0 Å². The Balaban J connectivity index is 1.59. The molecule has 0 aliphatic heterocycles. The summed E-state index contributed by atoms with van der Waals surface area (Å²) in [6.07, 6.45) is 3.31. The molecule has 1 heterocycles. The van der Waals surface area contributed by atoms with Gasteiger partial charge in [-0.1, -0.05) is 60.2 Å². The highest BCUT2D eigenvalue weighted by Gasteiger charge is 2.07. The van der Waals surface area contributed by atoms with Gasteiger partial charge in [0.2, 0.25) is 0 Å². The molecule has 2 N–H and O–H groups in total. The van der Waals surface area contributed by atoms with E-state index in [4.69, 9.17) is 0 Å². The lowest BCUT2D eigenvalue weighted by atomic mass is 10.1. The van der Waals surface area contributed by atoms with E-state index in [1.54, 1.807) is 12.4 Å². The monoisotopic (exact) mass is 331 g/mol. The first-order valence-corrected chi connectivity index (χ1v) is 8.27. The highest BCUT2D eigenvalue weighted by Crippen LogP contribution is 2.12. The van der Waals surface area contributed by atoms with Gasteiger partial charge in [0.05, 0.1) is 11.3 Å². The fourth-order valence-corrected chi connectivity index (χ4v) is 2.57. The molecule has 4 nitrogen and oxygen atoms in total. The van der Waals surface area contributed by atoms with E-state index in [-0.39, 0.29) is 5.91 Å². The van der Waals surface area contributed by atoms with E-state index in [1.807, 2.05) is 42.5 Å². The fourth-order valence-electron chi connectivity index (χ4n) is 2.57. The molecule has 1 amide bonds. The molecule has 0 bridgehead atoms. The predicted octanol–water partition coefficient (Wildman–Crippen LogP) is 3.93. The molecule has 0 saturated heterocycles. The van der Waals surface area contributed by atoms with Gasteiger partial charge in [-0.3, -0.25) is 9.78 Å². The zero-order valence-electron chi connectivity index (χ0n) is 14.2. The van der Waals surface area contributed by atoms with Crippen LogP contribution in [0.1, 0.15) is 27.0 Å². The molecule has 0 radical (unpaired) electrons. The number of nitrogens with one attached hydrogen (secondary N) is 2. The summed E-state index contributed by atoms with van der Waals surface area (Å²) in [6, 6.07) is 20.0. The van der Waals surface area contributed by atoms with E-state index in [9.17, 15) is 4.79 Å². The molecule has 0 saturated carbocycles. The van der Waals surface area contributed by atoms with Gasteiger partial charge in [0.1, 0.15) is 0 Å². The van der Waals surface area contributed by atoms with Gasteiger partial charge in [-0.05, 0) is 24.1 Å². The van der Waals surface area contributed by atoms with E-state index in [2.05, 4.69) is 40.7 Å². The molecule has 25 heavy (non-hydrogen) atoms. The van der Waals surface area contributed by atoms with Crippen molar-refractivity contribution in [3.05, 3.63) is 95.3 Å². The smallest absolute Gasteiger partial charge is 0.253 e. The van der Waals surface area contributed by atoms with Crippen molar-refractivity contribution in [2.45, 2.75) is 20.0 Å². The number of carbonyl (C=O) groups is 1. The van der Waals surface area contributed by atoms with Crippen LogP contribution in [0.2, 0.25) is 0 Å². The number of pyridine rings is 1. The van der Waals surface area contributed by atoms with Gasteiger partial charge in [0.15, 0.2) is 0 Å². The minimum absolute atomic E-state index is 0.129. The van der Waals surface area contributed by atoms with Crippen LogP contribution in [0.5, 0.6) is 0 Å². The molecule has 0 spiro atoms. The van der Waals surface area contributed by atoms with Crippen LogP contribution in [-0.4, -0.2) is 10.9 Å². The van der Waals surface area contributed by atoms with Crippen molar-refractivity contribution in [3.8, 4) is 0 Å². The summed E-state index contributed by atoms with van der Waals surface area (Å²) < 4.78 is 0. The summed E-state index contributed by atoms with van der Waals surface area (Å²) in [7, 11) is 0. The minimum atomic E-state index is -0.129. The second-order valence-electron chi connectivity index (χ2n) is 5.97. The van der Waals surface area contributed by atoms with Crippen LogP contribution < -0.4 is 10.6 Å². The Labute approximate surface area is 147 Å². The Hall–Kier alpha value is -3.14. The predicted molar refractivity (Wildman–Crippen MR) is 100 cm³/mol. The number of anilines is 1. The number of hydrogen-bond acceptors (Lipinski definition) is 3. The molecule has 0 fully saturated rings. The summed E-state index contributed by atoms with van der Waals surface area (Å²) >= 11 is 0. The Morgan fingerprint density at radius 2 is 1.72 bits per heavy atom. The Bertz CT molecular complexity index is 847. The van der Waals surface area contributed by atoms with E-state index >= 15 is 0 Å². The molecule has 0 unspecified atom stereocenters. The van der Waals surface area contributed by atoms with Crippen LogP contribution in [0.25, 0.3) is 0 Å². The summed E-state index contributed by atoms with van der Waals surface area (Å²) in [6.45, 7) is 3.27. The summed E-state index contributed by atoms with van der Waals surface area (Å²) in [5, 5.41) is 6.23. The van der Waals surface area contributed by atoms with Crippen molar-refractivity contribution in [2.24, 2.45) is 0 Å². The summed E-state index contributed by atoms with van der Waals surface area (Å²) in [5.74, 6) is -0.129. The van der Waals surface area contributed by atoms with Crippen LogP contribution in [-0.2, 0) is 13.1 Å². The molecule has 2 aromatic carbocycles. The third kappa shape index (κ3) is 4.91. The number of aromatic nitrogens is 1. The normalized spacial score (nSPS) is 10.3. The first-order chi connectivity index (χ1) is 12.2. The largest absolute Gasteiger partial charge is 0.380 e. The second-order valence-corrected chi connectivity index (χ2v) is 5.97. The topological polar surface area (TPSA) is 54.0 Å². The lowest BCUT2D eigenvalue weighted by Gasteiger charge is -2.09. The van der Waals surface area contributed by atoms with E-state index < -0.39 is 0 Å². The molecule has 0 aliphatic carbocycles. The number of benzene rings is 2. The molecular weight excluding hydrogens is 310 g/mol. The van der Waals surface area contributed by atoms with Gasteiger partial charge >= 0.3 is 0 Å². The number of aryl methyl sites for hydroxylation is 1. The molecule has 126 valence electrons. The van der Waals surface area contributed by atoms with Crippen LogP contribution in [0, 0.1) is 6.92 Å². The van der Waals surface area contributed by atoms with Crippen molar-refractivity contribution in [2.75, 3.05) is 5.32 Å². The number of amides is 1. The van der Waals surface area contributed by atoms with Gasteiger partial charge in [-0.2, -0.15) is 0 Å². The second kappa shape index (κ2) is 8.11. The van der Waals surface area contributed by atoms with E-state index in [1.165, 1.54) is 11.1 Å². The zero-order valence-corrected chi connectivity index (χ0v) is 14.2. The number of rotatable bonds is 6. The van der Waals surface area contributed by atoms with Gasteiger partial charge < -0.3 is 10.6 Å². The van der Waals surface area contributed by atoms with Crippen molar-refractivity contribution >= 4 is 11.6 Å². The zero-order chi connectivity index (χ0) is 17.5. The summed E-state index contributed by atoms with van der Waals surface area (Å²) in [5.41, 5.74) is 4.86. The third-order valence-corrected chi connectivity index (χ3v) is 3.88. The average molecular weight is 331 g/mol. The maximum absolute atomic E-state index is 12.3. The first-order valence-electron chi connectivity index (χ1n) is 8.27. The number of nitrogens with zero attached hydrogens (tertiary/aromatic N) is 1. The van der Waals surface area contributed by atoms with Crippen LogP contribution in [0.4, 0.5) is 5.69 Å². The van der Waals surface area contributed by atoms with E-state index in [0.717, 1.165) is 11.3 Å². The molecule has 0 aliphatic rings. The molecule has 0 atom stereocenters. The fraction of sp³-hybridized carbons (Fsp3) is 0.143. The van der Waals surface area contributed by atoms with Crippen molar-refractivity contribution in [3.63, 3.8) is 0 Å². The highest BCUT2D eigenvalue weighted by atomic mass is 16.1. The van der Waals surface area contributed by atoms with E-state index in [0.29, 0.717) is 18.7 Å². The van der Waals surface area contributed by atoms with Gasteiger partial charge in [0, 0.05) is 25.5 Å². The maximum atomic E-state index is 12.3. The van der Waals surface area contributed by atoms with Crippen molar-refractivity contribution in [1.29, 1.82) is 0 Å². The van der Waals surface area contributed by atoms with Gasteiger partial charge in [-0.15, -0.1) is 0 Å². The lowest BCUT2D eigenvalue weighted by Crippen LogP contribution is -2.23. The first kappa shape index (κ1) is 16.7. The SMILES string of the molecule is Cc1cccc(CNc2cncc(C(=O)NCc3ccccc3)c2)c1. The standard InChI is InChI=1S/C21H21N3O/c1-16-6-5-9-18(10-16)13-23-20-11-19(14-22-15-20)21(25)24-12-17-7-3-2-4-8-17/h2-11,14-15,23H,12-13H2,1H3,(H,24,25). The molecular formula is C21H21N3O. The van der Waals surface area contributed by atoms with Gasteiger partial charge in [-0.25, -0.2) is 0 Å². The van der Waals surface area contributed by atoms with Crippen LogP contribution in [0.15, 0.2) is 73.1 Å². The van der Waals surface area contributed by atoms with Crippen molar-refractivity contribution in [1.82, 2.24) is 10.3 Å². The quantitative estimate of drug-likeness (QED) is 0.719.